The molecule has 1 saturated carbocycles. The van der Waals surface area contributed by atoms with Crippen LogP contribution in [0.15, 0.2) is 30.3 Å². The molecule has 0 bridgehead atoms. The minimum absolute atomic E-state index is 0.138. The van der Waals surface area contributed by atoms with Gasteiger partial charge in [0.1, 0.15) is 0 Å². The summed E-state index contributed by atoms with van der Waals surface area (Å²) in [7, 11) is 0. The predicted molar refractivity (Wildman–Crippen MR) is 81.5 cm³/mol. The number of nitrogens with zero attached hydrogens (tertiary/aromatic N) is 1. The van der Waals surface area contributed by atoms with E-state index < -0.39 is 0 Å². The van der Waals surface area contributed by atoms with Gasteiger partial charge in [-0.05, 0) is 56.4 Å². The van der Waals surface area contributed by atoms with E-state index in [9.17, 15) is 5.11 Å². The van der Waals surface area contributed by atoms with Gasteiger partial charge in [0.2, 0.25) is 0 Å². The van der Waals surface area contributed by atoms with E-state index in [4.69, 9.17) is 0 Å². The second-order valence-corrected chi connectivity index (χ2v) is 6.18. The Morgan fingerprint density at radius 3 is 2.80 bits per heavy atom. The molecule has 0 saturated heterocycles. The SMILES string of the molecule is Cc1ccc2cc(CNC(C)(CO)C3CC3)ccc2n1. The van der Waals surface area contributed by atoms with E-state index in [0.29, 0.717) is 5.92 Å². The lowest BCUT2D eigenvalue weighted by atomic mass is 9.96. The van der Waals surface area contributed by atoms with Crippen molar-refractivity contribution >= 4 is 10.9 Å². The fourth-order valence-electron chi connectivity index (χ4n) is 2.74. The van der Waals surface area contributed by atoms with Crippen LogP contribution in [0.5, 0.6) is 0 Å². The lowest BCUT2D eigenvalue weighted by Gasteiger charge is -2.29. The topological polar surface area (TPSA) is 45.1 Å². The first kappa shape index (κ1) is 13.5. The van der Waals surface area contributed by atoms with Crippen LogP contribution in [0.1, 0.15) is 31.0 Å². The Labute approximate surface area is 120 Å². The monoisotopic (exact) mass is 270 g/mol. The molecule has 3 nitrogen and oxygen atoms in total. The van der Waals surface area contributed by atoms with Crippen molar-refractivity contribution in [2.45, 2.75) is 38.8 Å². The summed E-state index contributed by atoms with van der Waals surface area (Å²) < 4.78 is 0. The lowest BCUT2D eigenvalue weighted by molar-refractivity contribution is 0.153. The van der Waals surface area contributed by atoms with E-state index in [-0.39, 0.29) is 12.1 Å². The number of pyridine rings is 1. The van der Waals surface area contributed by atoms with Gasteiger partial charge in [-0.25, -0.2) is 0 Å². The summed E-state index contributed by atoms with van der Waals surface area (Å²) in [4.78, 5) is 4.52. The predicted octanol–water partition coefficient (Wildman–Crippen LogP) is 2.79. The zero-order chi connectivity index (χ0) is 14.2. The molecule has 1 atom stereocenters. The standard InChI is InChI=1S/C17H22N2O/c1-12-3-5-14-9-13(4-8-16(14)19-12)10-18-17(2,11-20)15-6-7-15/h3-5,8-9,15,18,20H,6-7,10-11H2,1-2H3. The van der Waals surface area contributed by atoms with Gasteiger partial charge >= 0.3 is 0 Å². The highest BCUT2D eigenvalue weighted by Gasteiger charge is 2.40. The average molecular weight is 270 g/mol. The van der Waals surface area contributed by atoms with Gasteiger partial charge in [-0.15, -0.1) is 0 Å². The smallest absolute Gasteiger partial charge is 0.0705 e. The fraction of sp³-hybridized carbons (Fsp3) is 0.471. The maximum absolute atomic E-state index is 9.60. The third kappa shape index (κ3) is 2.69. The molecule has 0 aliphatic heterocycles. The first-order valence-corrected chi connectivity index (χ1v) is 7.33. The Morgan fingerprint density at radius 2 is 2.10 bits per heavy atom. The van der Waals surface area contributed by atoms with Gasteiger partial charge in [0, 0.05) is 23.2 Å². The molecule has 1 aliphatic rings. The summed E-state index contributed by atoms with van der Waals surface area (Å²) >= 11 is 0. The van der Waals surface area contributed by atoms with Crippen molar-refractivity contribution in [2.24, 2.45) is 5.92 Å². The molecule has 2 aromatic rings. The Kier molecular flexibility index (Phi) is 3.48. The lowest BCUT2D eigenvalue weighted by Crippen LogP contribution is -2.47. The minimum Gasteiger partial charge on any atom is -0.394 e. The Bertz CT molecular complexity index is 621. The van der Waals surface area contributed by atoms with Crippen molar-refractivity contribution in [3.63, 3.8) is 0 Å². The Balaban J connectivity index is 1.76. The van der Waals surface area contributed by atoms with Crippen molar-refractivity contribution in [3.8, 4) is 0 Å². The third-order valence-corrected chi connectivity index (χ3v) is 4.40. The molecular formula is C17H22N2O. The van der Waals surface area contributed by atoms with E-state index in [0.717, 1.165) is 17.8 Å². The number of hydrogen-bond donors (Lipinski definition) is 2. The number of nitrogens with one attached hydrogen (secondary N) is 1. The number of fused-ring (bicyclic) bond motifs is 1. The second-order valence-electron chi connectivity index (χ2n) is 6.18. The number of aliphatic hydroxyl groups excluding tert-OH is 1. The van der Waals surface area contributed by atoms with Crippen LogP contribution >= 0.6 is 0 Å². The molecule has 1 unspecified atom stereocenters. The van der Waals surface area contributed by atoms with Crippen LogP contribution in [-0.4, -0.2) is 22.2 Å². The summed E-state index contributed by atoms with van der Waals surface area (Å²) in [6, 6.07) is 10.5. The molecule has 0 radical (unpaired) electrons. The zero-order valence-corrected chi connectivity index (χ0v) is 12.2. The van der Waals surface area contributed by atoms with Crippen molar-refractivity contribution in [3.05, 3.63) is 41.6 Å². The number of hydrogen-bond acceptors (Lipinski definition) is 3. The van der Waals surface area contributed by atoms with Gasteiger partial charge < -0.3 is 10.4 Å². The normalized spacial score (nSPS) is 18.1. The van der Waals surface area contributed by atoms with E-state index in [1.54, 1.807) is 0 Å². The van der Waals surface area contributed by atoms with Gasteiger partial charge in [-0.2, -0.15) is 0 Å². The maximum atomic E-state index is 9.60. The number of benzene rings is 1. The number of aromatic nitrogens is 1. The van der Waals surface area contributed by atoms with Crippen LogP contribution in [0.25, 0.3) is 10.9 Å². The molecule has 1 fully saturated rings. The first-order valence-electron chi connectivity index (χ1n) is 7.33. The van der Waals surface area contributed by atoms with E-state index >= 15 is 0 Å². The molecular weight excluding hydrogens is 248 g/mol. The van der Waals surface area contributed by atoms with E-state index in [1.165, 1.54) is 23.8 Å². The maximum Gasteiger partial charge on any atom is 0.0705 e. The fourth-order valence-corrected chi connectivity index (χ4v) is 2.74. The van der Waals surface area contributed by atoms with Crippen LogP contribution < -0.4 is 5.32 Å². The molecule has 0 spiro atoms. The van der Waals surface area contributed by atoms with Gasteiger partial charge in [-0.1, -0.05) is 12.1 Å². The quantitative estimate of drug-likeness (QED) is 0.878. The molecule has 2 N–H and O–H groups in total. The van der Waals surface area contributed by atoms with Crippen molar-refractivity contribution < 1.29 is 5.11 Å². The molecule has 3 rings (SSSR count). The highest BCUT2D eigenvalue weighted by atomic mass is 16.3. The highest BCUT2D eigenvalue weighted by molar-refractivity contribution is 5.79. The summed E-state index contributed by atoms with van der Waals surface area (Å²) in [6.45, 7) is 5.12. The second kappa shape index (κ2) is 5.15. The molecule has 20 heavy (non-hydrogen) atoms. The summed E-state index contributed by atoms with van der Waals surface area (Å²) in [5.41, 5.74) is 3.19. The van der Waals surface area contributed by atoms with E-state index in [1.807, 2.05) is 13.0 Å². The number of aliphatic hydroxyl groups is 1. The number of rotatable bonds is 5. The summed E-state index contributed by atoms with van der Waals surface area (Å²) in [5.74, 6) is 0.622. The molecule has 3 heteroatoms. The van der Waals surface area contributed by atoms with Gasteiger partial charge in [0.05, 0.1) is 12.1 Å². The summed E-state index contributed by atoms with van der Waals surface area (Å²) in [6.07, 6.45) is 2.45. The molecule has 1 aliphatic carbocycles. The molecule has 1 aromatic heterocycles. The van der Waals surface area contributed by atoms with Crippen LogP contribution in [-0.2, 0) is 6.54 Å². The van der Waals surface area contributed by atoms with Gasteiger partial charge in [0.15, 0.2) is 0 Å². The summed E-state index contributed by atoms with van der Waals surface area (Å²) in [5, 5.41) is 14.3. The van der Waals surface area contributed by atoms with E-state index in [2.05, 4.69) is 41.5 Å². The molecule has 1 aromatic carbocycles. The largest absolute Gasteiger partial charge is 0.394 e. The van der Waals surface area contributed by atoms with Gasteiger partial charge in [-0.3, -0.25) is 4.98 Å². The van der Waals surface area contributed by atoms with Crippen LogP contribution in [0, 0.1) is 12.8 Å². The highest BCUT2D eigenvalue weighted by Crippen LogP contribution is 2.39. The van der Waals surface area contributed by atoms with Crippen LogP contribution in [0.2, 0.25) is 0 Å². The van der Waals surface area contributed by atoms with Crippen molar-refractivity contribution in [1.29, 1.82) is 0 Å². The molecule has 0 amide bonds. The van der Waals surface area contributed by atoms with Crippen LogP contribution in [0.3, 0.4) is 0 Å². The molecule has 106 valence electrons. The average Bonchev–Trinajstić information content (AvgIpc) is 3.29. The first-order chi connectivity index (χ1) is 9.60. The van der Waals surface area contributed by atoms with Gasteiger partial charge in [0.25, 0.3) is 0 Å². The Hall–Kier alpha value is -1.45. The minimum atomic E-state index is -0.138. The van der Waals surface area contributed by atoms with Crippen LogP contribution in [0.4, 0.5) is 0 Å². The van der Waals surface area contributed by atoms with Crippen molar-refractivity contribution in [1.82, 2.24) is 10.3 Å². The zero-order valence-electron chi connectivity index (χ0n) is 12.2. The number of aryl methyl sites for hydroxylation is 1. The third-order valence-electron chi connectivity index (χ3n) is 4.40. The van der Waals surface area contributed by atoms with Crippen molar-refractivity contribution in [2.75, 3.05) is 6.61 Å². The Morgan fingerprint density at radius 1 is 1.30 bits per heavy atom. The molecule has 1 heterocycles.